The Kier molecular flexibility index (Phi) is 9.62. The second kappa shape index (κ2) is 11.6. The molecule has 0 fully saturated rings. The average Bonchev–Trinajstić information content (AvgIpc) is 2.71. The zero-order valence-electron chi connectivity index (χ0n) is 20.9. The van der Waals surface area contributed by atoms with Crippen molar-refractivity contribution in [3.63, 3.8) is 0 Å². The summed E-state index contributed by atoms with van der Waals surface area (Å²) in [5, 5.41) is 3.94. The van der Waals surface area contributed by atoms with E-state index in [1.165, 1.54) is 4.90 Å². The average molecular weight is 543 g/mol. The Hall–Kier alpha value is -2.29. The molecule has 35 heavy (non-hydrogen) atoms. The molecule has 0 aliphatic carbocycles. The van der Waals surface area contributed by atoms with Gasteiger partial charge in [-0.3, -0.25) is 13.9 Å². The molecule has 0 spiro atoms. The topological polar surface area (TPSA) is 86.8 Å². The Morgan fingerprint density at radius 3 is 2.09 bits per heavy atom. The monoisotopic (exact) mass is 541 g/mol. The van der Waals surface area contributed by atoms with E-state index in [0.29, 0.717) is 27.7 Å². The standard InChI is InChI=1S/C25H33Cl2N3O4S/c1-7-21(24(32)28-25(3,4)5)29(15-18-8-10-19(26)11-9-18)23(31)16-30(35(6,33)34)22-13-12-20(27)14-17(22)2/h8-14,21H,7,15-16H2,1-6H3,(H,28,32)/t21-/m1/s1. The predicted molar refractivity (Wildman–Crippen MR) is 142 cm³/mol. The summed E-state index contributed by atoms with van der Waals surface area (Å²) in [7, 11) is -3.82. The maximum atomic E-state index is 13.7. The lowest BCUT2D eigenvalue weighted by Gasteiger charge is -2.34. The summed E-state index contributed by atoms with van der Waals surface area (Å²) in [6.07, 6.45) is 1.39. The van der Waals surface area contributed by atoms with Crippen molar-refractivity contribution >= 4 is 50.7 Å². The summed E-state index contributed by atoms with van der Waals surface area (Å²) in [6.45, 7) is 8.76. The van der Waals surface area contributed by atoms with E-state index in [1.807, 2.05) is 27.7 Å². The Labute approximate surface area is 218 Å². The second-order valence-electron chi connectivity index (χ2n) is 9.51. The zero-order valence-corrected chi connectivity index (χ0v) is 23.3. The Bertz CT molecular complexity index is 1160. The van der Waals surface area contributed by atoms with E-state index >= 15 is 0 Å². The van der Waals surface area contributed by atoms with Crippen LogP contribution in [0.3, 0.4) is 0 Å². The minimum absolute atomic E-state index is 0.114. The van der Waals surface area contributed by atoms with Crippen LogP contribution in [0, 0.1) is 6.92 Å². The highest BCUT2D eigenvalue weighted by molar-refractivity contribution is 7.92. The Morgan fingerprint density at radius 1 is 1.03 bits per heavy atom. The van der Waals surface area contributed by atoms with Crippen LogP contribution < -0.4 is 9.62 Å². The van der Waals surface area contributed by atoms with E-state index < -0.39 is 34.1 Å². The van der Waals surface area contributed by atoms with Crippen LogP contribution >= 0.6 is 23.2 Å². The first-order chi connectivity index (χ1) is 16.1. The van der Waals surface area contributed by atoms with Crippen LogP contribution in [-0.4, -0.2) is 49.5 Å². The third-order valence-corrected chi connectivity index (χ3v) is 6.87. The quantitative estimate of drug-likeness (QED) is 0.494. The largest absolute Gasteiger partial charge is 0.350 e. The molecule has 1 N–H and O–H groups in total. The van der Waals surface area contributed by atoms with Gasteiger partial charge in [-0.05, 0) is 75.6 Å². The molecule has 192 valence electrons. The van der Waals surface area contributed by atoms with Crippen LogP contribution in [0.2, 0.25) is 10.0 Å². The van der Waals surface area contributed by atoms with E-state index in [-0.39, 0.29) is 12.5 Å². The van der Waals surface area contributed by atoms with Crippen molar-refractivity contribution in [2.24, 2.45) is 0 Å². The molecule has 0 radical (unpaired) electrons. The number of carbonyl (C=O) groups excluding carboxylic acids is 2. The molecule has 0 aliphatic heterocycles. The number of anilines is 1. The van der Waals surface area contributed by atoms with E-state index in [4.69, 9.17) is 23.2 Å². The van der Waals surface area contributed by atoms with Crippen molar-refractivity contribution in [3.05, 3.63) is 63.6 Å². The number of nitrogens with one attached hydrogen (secondary N) is 1. The van der Waals surface area contributed by atoms with Crippen LogP contribution in [0.15, 0.2) is 42.5 Å². The normalized spacial score (nSPS) is 12.7. The molecule has 0 heterocycles. The van der Waals surface area contributed by atoms with E-state index in [1.54, 1.807) is 49.4 Å². The first kappa shape index (κ1) is 28.9. The molecule has 0 bridgehead atoms. The van der Waals surface area contributed by atoms with Crippen LogP contribution in [-0.2, 0) is 26.2 Å². The molecule has 2 aromatic carbocycles. The summed E-state index contributed by atoms with van der Waals surface area (Å²) in [5.74, 6) is -0.813. The number of amides is 2. The smallest absolute Gasteiger partial charge is 0.244 e. The fraction of sp³-hybridized carbons (Fsp3) is 0.440. The van der Waals surface area contributed by atoms with Crippen molar-refractivity contribution in [3.8, 4) is 0 Å². The molecule has 2 rings (SSSR count). The zero-order chi connectivity index (χ0) is 26.6. The molecule has 0 aliphatic rings. The summed E-state index contributed by atoms with van der Waals surface area (Å²) >= 11 is 12.1. The summed E-state index contributed by atoms with van der Waals surface area (Å²) in [6, 6.07) is 10.9. The number of sulfonamides is 1. The molecule has 0 unspecified atom stereocenters. The lowest BCUT2D eigenvalue weighted by molar-refractivity contribution is -0.141. The number of rotatable bonds is 9. The van der Waals surface area contributed by atoms with Gasteiger partial charge in [0.05, 0.1) is 11.9 Å². The Balaban J connectivity index is 2.48. The molecule has 0 saturated heterocycles. The third kappa shape index (κ3) is 8.40. The molecule has 2 amide bonds. The van der Waals surface area contributed by atoms with Crippen molar-refractivity contribution in [1.29, 1.82) is 0 Å². The summed E-state index contributed by atoms with van der Waals surface area (Å²) in [4.78, 5) is 28.3. The van der Waals surface area contributed by atoms with E-state index in [9.17, 15) is 18.0 Å². The number of benzene rings is 2. The predicted octanol–water partition coefficient (Wildman–Crippen LogP) is 4.79. The number of nitrogens with zero attached hydrogens (tertiary/aromatic N) is 2. The highest BCUT2D eigenvalue weighted by Crippen LogP contribution is 2.26. The third-order valence-electron chi connectivity index (χ3n) is 5.26. The lowest BCUT2D eigenvalue weighted by Crippen LogP contribution is -2.55. The second-order valence-corrected chi connectivity index (χ2v) is 12.3. The number of carbonyl (C=O) groups is 2. The van der Waals surface area contributed by atoms with Gasteiger partial charge in [0.1, 0.15) is 12.6 Å². The van der Waals surface area contributed by atoms with Gasteiger partial charge in [0.25, 0.3) is 0 Å². The van der Waals surface area contributed by atoms with Gasteiger partial charge in [0.15, 0.2) is 0 Å². The molecule has 0 saturated carbocycles. The van der Waals surface area contributed by atoms with Crippen molar-refractivity contribution in [1.82, 2.24) is 10.2 Å². The molecule has 10 heteroatoms. The van der Waals surface area contributed by atoms with Crippen LogP contribution in [0.5, 0.6) is 0 Å². The molecule has 2 aromatic rings. The first-order valence-electron chi connectivity index (χ1n) is 11.2. The Morgan fingerprint density at radius 2 is 1.60 bits per heavy atom. The fourth-order valence-corrected chi connectivity index (χ4v) is 4.91. The molecular weight excluding hydrogens is 509 g/mol. The summed E-state index contributed by atoms with van der Waals surface area (Å²) in [5.41, 5.74) is 1.22. The molecule has 0 aromatic heterocycles. The summed E-state index contributed by atoms with van der Waals surface area (Å²) < 4.78 is 26.5. The van der Waals surface area contributed by atoms with Crippen molar-refractivity contribution in [2.45, 2.75) is 59.2 Å². The van der Waals surface area contributed by atoms with Gasteiger partial charge >= 0.3 is 0 Å². The van der Waals surface area contributed by atoms with E-state index in [0.717, 1.165) is 16.1 Å². The maximum Gasteiger partial charge on any atom is 0.244 e. The van der Waals surface area contributed by atoms with Crippen molar-refractivity contribution in [2.75, 3.05) is 17.1 Å². The lowest BCUT2D eigenvalue weighted by atomic mass is 10.1. The fourth-order valence-electron chi connectivity index (χ4n) is 3.65. The van der Waals surface area contributed by atoms with Gasteiger partial charge in [-0.15, -0.1) is 0 Å². The molecule has 7 nitrogen and oxygen atoms in total. The van der Waals surface area contributed by atoms with Gasteiger partial charge < -0.3 is 10.2 Å². The number of halogens is 2. The van der Waals surface area contributed by atoms with Crippen LogP contribution in [0.25, 0.3) is 0 Å². The van der Waals surface area contributed by atoms with Gasteiger partial charge in [0, 0.05) is 22.1 Å². The van der Waals surface area contributed by atoms with Gasteiger partial charge in [-0.25, -0.2) is 8.42 Å². The molecule has 1 atom stereocenters. The number of aryl methyl sites for hydroxylation is 1. The van der Waals surface area contributed by atoms with Gasteiger partial charge in [-0.2, -0.15) is 0 Å². The molecular formula is C25H33Cl2N3O4S. The van der Waals surface area contributed by atoms with Gasteiger partial charge in [0.2, 0.25) is 21.8 Å². The van der Waals surface area contributed by atoms with Crippen molar-refractivity contribution < 1.29 is 18.0 Å². The highest BCUT2D eigenvalue weighted by atomic mass is 35.5. The van der Waals surface area contributed by atoms with E-state index in [2.05, 4.69) is 5.32 Å². The number of hydrogen-bond acceptors (Lipinski definition) is 4. The number of hydrogen-bond donors (Lipinski definition) is 1. The minimum atomic E-state index is -3.82. The highest BCUT2D eigenvalue weighted by Gasteiger charge is 2.33. The SMILES string of the molecule is CC[C@H](C(=O)NC(C)(C)C)N(Cc1ccc(Cl)cc1)C(=O)CN(c1ccc(Cl)cc1C)S(C)(=O)=O. The van der Waals surface area contributed by atoms with Crippen LogP contribution in [0.4, 0.5) is 5.69 Å². The maximum absolute atomic E-state index is 13.7. The minimum Gasteiger partial charge on any atom is -0.350 e. The van der Waals surface area contributed by atoms with Gasteiger partial charge in [-0.1, -0.05) is 42.3 Å². The van der Waals surface area contributed by atoms with Crippen LogP contribution in [0.1, 0.15) is 45.2 Å². The first-order valence-corrected chi connectivity index (χ1v) is 13.8.